The maximum absolute atomic E-state index is 12.2. The quantitative estimate of drug-likeness (QED) is 0.776. The lowest BCUT2D eigenvalue weighted by molar-refractivity contribution is -0.142. The predicted octanol–water partition coefficient (Wildman–Crippen LogP) is 0.297. The average molecular weight is 286 g/mol. The molecule has 0 spiro atoms. The van der Waals surface area contributed by atoms with Gasteiger partial charge in [0.25, 0.3) is 0 Å². The Bertz CT molecular complexity index is 361. The van der Waals surface area contributed by atoms with Crippen molar-refractivity contribution in [3.05, 3.63) is 0 Å². The molecule has 2 fully saturated rings. The van der Waals surface area contributed by atoms with Gasteiger partial charge in [0.15, 0.2) is 0 Å². The Kier molecular flexibility index (Phi) is 5.19. The van der Waals surface area contributed by atoms with Crippen LogP contribution in [0.25, 0.3) is 0 Å². The van der Waals surface area contributed by atoms with Crippen LogP contribution in [0.4, 0.5) is 4.79 Å². The Morgan fingerprint density at radius 2 is 2.25 bits per heavy atom. The Morgan fingerprint density at radius 3 is 2.95 bits per heavy atom. The van der Waals surface area contributed by atoms with Crippen LogP contribution in [0.5, 0.6) is 0 Å². The first-order chi connectivity index (χ1) is 9.61. The normalized spacial score (nSPS) is 30.2. The first kappa shape index (κ1) is 15.1. The Balaban J connectivity index is 1.86. The summed E-state index contributed by atoms with van der Waals surface area (Å²) in [4.78, 5) is 24.9. The number of likely N-dealkylation sites (tertiary alicyclic amines) is 1. The number of nitrogens with zero attached hydrogens (tertiary/aromatic N) is 1. The fourth-order valence-corrected chi connectivity index (χ4v) is 2.68. The van der Waals surface area contributed by atoms with Crippen molar-refractivity contribution in [1.82, 2.24) is 10.2 Å². The standard InChI is InChI=1S/C13H22N2O5/c1-2-20-9-4-3-5-15(6-9)13(18)14-11-8-19-7-10(11)12(16)17/h9-11H,2-8H2,1H3,(H,14,18)(H,16,17). The molecule has 2 aliphatic rings. The number of ether oxygens (including phenoxy) is 2. The lowest BCUT2D eigenvalue weighted by Gasteiger charge is -2.33. The van der Waals surface area contributed by atoms with Gasteiger partial charge in [-0.3, -0.25) is 4.79 Å². The van der Waals surface area contributed by atoms with E-state index in [4.69, 9.17) is 14.6 Å². The summed E-state index contributed by atoms with van der Waals surface area (Å²) in [6, 6.07) is -0.677. The van der Waals surface area contributed by atoms with Gasteiger partial charge in [-0.1, -0.05) is 0 Å². The summed E-state index contributed by atoms with van der Waals surface area (Å²) in [6.07, 6.45) is 1.94. The minimum Gasteiger partial charge on any atom is -0.481 e. The molecule has 114 valence electrons. The molecule has 2 N–H and O–H groups in total. The largest absolute Gasteiger partial charge is 0.481 e. The molecule has 3 unspecified atom stereocenters. The summed E-state index contributed by atoms with van der Waals surface area (Å²) in [6.45, 7) is 4.23. The molecule has 2 heterocycles. The van der Waals surface area contributed by atoms with Gasteiger partial charge in [0.05, 0.1) is 25.4 Å². The van der Waals surface area contributed by atoms with E-state index in [0.29, 0.717) is 19.7 Å². The molecule has 0 saturated carbocycles. The summed E-state index contributed by atoms with van der Waals surface area (Å²) < 4.78 is 10.7. The average Bonchev–Trinajstić information content (AvgIpc) is 2.88. The number of aliphatic carboxylic acids is 1. The van der Waals surface area contributed by atoms with Crippen LogP contribution >= 0.6 is 0 Å². The van der Waals surface area contributed by atoms with Crippen LogP contribution in [0.2, 0.25) is 0 Å². The zero-order chi connectivity index (χ0) is 14.5. The SMILES string of the molecule is CCOC1CCCN(C(=O)NC2COCC2C(=O)O)C1. The lowest BCUT2D eigenvalue weighted by Crippen LogP contribution is -2.52. The number of hydrogen-bond acceptors (Lipinski definition) is 4. The van der Waals surface area contributed by atoms with Crippen molar-refractivity contribution in [3.63, 3.8) is 0 Å². The van der Waals surface area contributed by atoms with Gasteiger partial charge >= 0.3 is 12.0 Å². The molecular formula is C13H22N2O5. The zero-order valence-corrected chi connectivity index (χ0v) is 11.7. The van der Waals surface area contributed by atoms with Crippen molar-refractivity contribution < 1.29 is 24.2 Å². The van der Waals surface area contributed by atoms with Gasteiger partial charge in [0.2, 0.25) is 0 Å². The number of urea groups is 1. The van der Waals surface area contributed by atoms with Crippen molar-refractivity contribution in [2.24, 2.45) is 5.92 Å². The number of amides is 2. The van der Waals surface area contributed by atoms with Crippen LogP contribution in [0.15, 0.2) is 0 Å². The second kappa shape index (κ2) is 6.90. The molecule has 0 aromatic rings. The van der Waals surface area contributed by atoms with Crippen LogP contribution < -0.4 is 5.32 Å². The lowest BCUT2D eigenvalue weighted by atomic mass is 10.0. The number of nitrogens with one attached hydrogen (secondary N) is 1. The van der Waals surface area contributed by atoms with E-state index in [1.165, 1.54) is 0 Å². The van der Waals surface area contributed by atoms with Crippen molar-refractivity contribution in [1.29, 1.82) is 0 Å². The smallest absolute Gasteiger partial charge is 0.317 e. The van der Waals surface area contributed by atoms with Gasteiger partial charge in [0, 0.05) is 19.7 Å². The van der Waals surface area contributed by atoms with E-state index in [1.807, 2.05) is 6.92 Å². The summed E-state index contributed by atoms with van der Waals surface area (Å²) in [5.41, 5.74) is 0. The number of carbonyl (C=O) groups is 2. The van der Waals surface area contributed by atoms with E-state index in [-0.39, 0.29) is 25.3 Å². The number of piperidine rings is 1. The van der Waals surface area contributed by atoms with Gasteiger partial charge in [-0.05, 0) is 19.8 Å². The summed E-state index contributed by atoms with van der Waals surface area (Å²) in [5, 5.41) is 11.8. The highest BCUT2D eigenvalue weighted by atomic mass is 16.5. The summed E-state index contributed by atoms with van der Waals surface area (Å²) in [7, 11) is 0. The highest BCUT2D eigenvalue weighted by molar-refractivity contribution is 5.77. The second-order valence-electron chi connectivity index (χ2n) is 5.20. The van der Waals surface area contributed by atoms with Crippen molar-refractivity contribution in [3.8, 4) is 0 Å². The molecule has 2 rings (SSSR count). The van der Waals surface area contributed by atoms with Gasteiger partial charge in [-0.15, -0.1) is 0 Å². The molecule has 7 heteroatoms. The Morgan fingerprint density at radius 1 is 1.45 bits per heavy atom. The number of carbonyl (C=O) groups excluding carboxylic acids is 1. The van der Waals surface area contributed by atoms with Crippen LogP contribution in [0.1, 0.15) is 19.8 Å². The van der Waals surface area contributed by atoms with Gasteiger partial charge in [0.1, 0.15) is 5.92 Å². The molecular weight excluding hydrogens is 264 g/mol. The van der Waals surface area contributed by atoms with Crippen LogP contribution in [0, 0.1) is 5.92 Å². The van der Waals surface area contributed by atoms with Crippen molar-refractivity contribution in [2.75, 3.05) is 32.9 Å². The summed E-state index contributed by atoms with van der Waals surface area (Å²) >= 11 is 0. The first-order valence-corrected chi connectivity index (χ1v) is 7.09. The van der Waals surface area contributed by atoms with E-state index >= 15 is 0 Å². The predicted molar refractivity (Wildman–Crippen MR) is 70.5 cm³/mol. The van der Waals surface area contributed by atoms with E-state index in [2.05, 4.69) is 5.32 Å². The molecule has 20 heavy (non-hydrogen) atoms. The molecule has 2 amide bonds. The number of carboxylic acid groups (broad SMARTS) is 1. The highest BCUT2D eigenvalue weighted by Gasteiger charge is 2.36. The van der Waals surface area contributed by atoms with E-state index < -0.39 is 17.9 Å². The molecule has 0 bridgehead atoms. The Labute approximate surface area is 118 Å². The summed E-state index contributed by atoms with van der Waals surface area (Å²) in [5.74, 6) is -1.59. The molecule has 2 saturated heterocycles. The topological polar surface area (TPSA) is 88.1 Å². The zero-order valence-electron chi connectivity index (χ0n) is 11.7. The van der Waals surface area contributed by atoms with Gasteiger partial charge in [-0.25, -0.2) is 4.79 Å². The monoisotopic (exact) mass is 286 g/mol. The third kappa shape index (κ3) is 3.61. The minimum absolute atomic E-state index is 0.0783. The van der Waals surface area contributed by atoms with E-state index in [1.54, 1.807) is 4.90 Å². The molecule has 0 aromatic heterocycles. The molecule has 7 nitrogen and oxygen atoms in total. The van der Waals surface area contributed by atoms with Crippen molar-refractivity contribution in [2.45, 2.75) is 31.9 Å². The molecule has 0 aromatic carbocycles. The second-order valence-corrected chi connectivity index (χ2v) is 5.20. The fourth-order valence-electron chi connectivity index (χ4n) is 2.68. The van der Waals surface area contributed by atoms with Crippen LogP contribution in [-0.4, -0.2) is 67.1 Å². The first-order valence-electron chi connectivity index (χ1n) is 7.09. The number of hydrogen-bond donors (Lipinski definition) is 2. The third-order valence-corrected chi connectivity index (χ3v) is 3.77. The van der Waals surface area contributed by atoms with E-state index in [0.717, 1.165) is 12.8 Å². The highest BCUT2D eigenvalue weighted by Crippen LogP contribution is 2.16. The fraction of sp³-hybridized carbons (Fsp3) is 0.846. The van der Waals surface area contributed by atoms with E-state index in [9.17, 15) is 9.59 Å². The number of carboxylic acids is 1. The van der Waals surface area contributed by atoms with Gasteiger partial charge < -0.3 is 24.8 Å². The molecule has 0 radical (unpaired) electrons. The molecule has 2 aliphatic heterocycles. The Hall–Kier alpha value is -1.34. The molecule has 3 atom stereocenters. The number of rotatable bonds is 4. The maximum atomic E-state index is 12.2. The molecule has 0 aliphatic carbocycles. The van der Waals surface area contributed by atoms with Crippen molar-refractivity contribution >= 4 is 12.0 Å². The third-order valence-electron chi connectivity index (χ3n) is 3.77. The van der Waals surface area contributed by atoms with Crippen LogP contribution in [0.3, 0.4) is 0 Å². The maximum Gasteiger partial charge on any atom is 0.317 e. The van der Waals surface area contributed by atoms with Crippen LogP contribution in [-0.2, 0) is 14.3 Å². The minimum atomic E-state index is -0.932. The van der Waals surface area contributed by atoms with Gasteiger partial charge in [-0.2, -0.15) is 0 Å².